The van der Waals surface area contributed by atoms with E-state index in [-0.39, 0.29) is 17.5 Å². The average molecular weight is 356 g/mol. The quantitative estimate of drug-likeness (QED) is 0.614. The number of likely N-dealkylation sites (tertiary alicyclic amines) is 1. The van der Waals surface area contributed by atoms with Gasteiger partial charge in [0, 0.05) is 38.0 Å². The van der Waals surface area contributed by atoms with Gasteiger partial charge in [-0.3, -0.25) is 19.9 Å². The minimum atomic E-state index is -0.526. The first-order valence-corrected chi connectivity index (χ1v) is 8.87. The van der Waals surface area contributed by atoms with Crippen molar-refractivity contribution in [2.45, 2.75) is 45.1 Å². The number of nitro groups is 1. The largest absolute Gasteiger partial charge is 0.338 e. The summed E-state index contributed by atoms with van der Waals surface area (Å²) in [4.78, 5) is 29.2. The van der Waals surface area contributed by atoms with E-state index in [0.29, 0.717) is 24.3 Å². The maximum absolute atomic E-state index is 13.0. The van der Waals surface area contributed by atoms with Gasteiger partial charge < -0.3 is 9.47 Å². The van der Waals surface area contributed by atoms with Gasteiger partial charge in [-0.15, -0.1) is 10.2 Å². The standard InChI is InChI=1S/C17H20N6O3/c1-11-14(8-13(9-18-11)23(25)26)17(24)21-6-2-4-12(10-21)16-20-19-15-5-3-7-22(15)16/h8-9,12H,2-7,10H2,1H3. The topological polar surface area (TPSA) is 107 Å². The van der Waals surface area contributed by atoms with Gasteiger partial charge in [0.15, 0.2) is 0 Å². The highest BCUT2D eigenvalue weighted by molar-refractivity contribution is 5.95. The van der Waals surface area contributed by atoms with Crippen molar-refractivity contribution in [2.24, 2.45) is 0 Å². The first kappa shape index (κ1) is 16.6. The van der Waals surface area contributed by atoms with Gasteiger partial charge in [0.1, 0.15) is 17.8 Å². The second-order valence-corrected chi connectivity index (χ2v) is 6.90. The van der Waals surface area contributed by atoms with Gasteiger partial charge in [0.2, 0.25) is 0 Å². The van der Waals surface area contributed by atoms with Crippen LogP contribution in [-0.4, -0.2) is 48.6 Å². The molecule has 0 saturated carbocycles. The maximum atomic E-state index is 13.0. The molecule has 0 spiro atoms. The molecule has 4 rings (SSSR count). The zero-order chi connectivity index (χ0) is 18.3. The molecule has 2 aromatic heterocycles. The highest BCUT2D eigenvalue weighted by Crippen LogP contribution is 2.29. The smallest absolute Gasteiger partial charge is 0.288 e. The summed E-state index contributed by atoms with van der Waals surface area (Å²) in [5, 5.41) is 19.6. The lowest BCUT2D eigenvalue weighted by Gasteiger charge is -2.32. The molecular weight excluding hydrogens is 336 g/mol. The molecule has 2 aliphatic heterocycles. The minimum absolute atomic E-state index is 0.152. The van der Waals surface area contributed by atoms with E-state index in [9.17, 15) is 14.9 Å². The molecule has 1 saturated heterocycles. The molecule has 4 heterocycles. The van der Waals surface area contributed by atoms with Gasteiger partial charge >= 0.3 is 0 Å². The lowest BCUT2D eigenvalue weighted by atomic mass is 9.96. The summed E-state index contributed by atoms with van der Waals surface area (Å²) in [7, 11) is 0. The van der Waals surface area contributed by atoms with Crippen LogP contribution in [0.25, 0.3) is 0 Å². The fraction of sp³-hybridized carbons (Fsp3) is 0.529. The van der Waals surface area contributed by atoms with Crippen molar-refractivity contribution in [1.29, 1.82) is 0 Å². The lowest BCUT2D eigenvalue weighted by molar-refractivity contribution is -0.385. The summed E-state index contributed by atoms with van der Waals surface area (Å²) in [6, 6.07) is 1.32. The van der Waals surface area contributed by atoms with Crippen LogP contribution in [0.2, 0.25) is 0 Å². The molecule has 9 nitrogen and oxygen atoms in total. The Morgan fingerprint density at radius 2 is 2.15 bits per heavy atom. The predicted molar refractivity (Wildman–Crippen MR) is 91.8 cm³/mol. The van der Waals surface area contributed by atoms with Gasteiger partial charge in [-0.1, -0.05) is 0 Å². The second kappa shape index (κ2) is 6.47. The molecule has 0 bridgehead atoms. The zero-order valence-corrected chi connectivity index (χ0v) is 14.6. The monoisotopic (exact) mass is 356 g/mol. The molecule has 2 aliphatic rings. The third kappa shape index (κ3) is 2.83. The van der Waals surface area contributed by atoms with Crippen molar-refractivity contribution >= 4 is 11.6 Å². The molecule has 0 radical (unpaired) electrons. The fourth-order valence-corrected chi connectivity index (χ4v) is 3.86. The SMILES string of the molecule is Cc1ncc([N+](=O)[O-])cc1C(=O)N1CCCC(c2nnc3n2CCC3)C1. The number of piperidine rings is 1. The third-order valence-electron chi connectivity index (χ3n) is 5.23. The highest BCUT2D eigenvalue weighted by atomic mass is 16.6. The number of aryl methyl sites for hydroxylation is 2. The minimum Gasteiger partial charge on any atom is -0.338 e. The number of rotatable bonds is 3. The molecule has 1 amide bonds. The molecule has 9 heteroatoms. The summed E-state index contributed by atoms with van der Waals surface area (Å²) in [5.74, 6) is 1.94. The molecule has 0 aromatic carbocycles. The number of amides is 1. The molecule has 26 heavy (non-hydrogen) atoms. The normalized spacial score (nSPS) is 19.4. The van der Waals surface area contributed by atoms with Crippen molar-refractivity contribution in [2.75, 3.05) is 13.1 Å². The zero-order valence-electron chi connectivity index (χ0n) is 14.6. The van der Waals surface area contributed by atoms with E-state index >= 15 is 0 Å². The molecule has 2 aromatic rings. The van der Waals surface area contributed by atoms with Crippen molar-refractivity contribution in [3.8, 4) is 0 Å². The van der Waals surface area contributed by atoms with Crippen molar-refractivity contribution in [3.63, 3.8) is 0 Å². The van der Waals surface area contributed by atoms with E-state index in [1.54, 1.807) is 11.8 Å². The first-order chi connectivity index (χ1) is 12.5. The van der Waals surface area contributed by atoms with Crippen LogP contribution in [0.15, 0.2) is 12.3 Å². The number of aromatic nitrogens is 4. The molecule has 1 unspecified atom stereocenters. The number of pyridine rings is 1. The van der Waals surface area contributed by atoms with E-state index < -0.39 is 4.92 Å². The summed E-state index contributed by atoms with van der Waals surface area (Å²) in [5.41, 5.74) is 0.639. The van der Waals surface area contributed by atoms with Gasteiger partial charge in [-0.2, -0.15) is 0 Å². The Balaban J connectivity index is 1.57. The van der Waals surface area contributed by atoms with E-state index in [1.807, 2.05) is 0 Å². The Bertz CT molecular complexity index is 877. The number of carbonyl (C=O) groups excluding carboxylic acids is 1. The summed E-state index contributed by atoms with van der Waals surface area (Å²) in [6.45, 7) is 3.83. The molecule has 0 N–H and O–H groups in total. The van der Waals surface area contributed by atoms with Crippen LogP contribution in [0.4, 0.5) is 5.69 Å². The molecule has 1 atom stereocenters. The van der Waals surface area contributed by atoms with Crippen LogP contribution >= 0.6 is 0 Å². The number of nitrogens with zero attached hydrogens (tertiary/aromatic N) is 6. The number of carbonyl (C=O) groups is 1. The molecular formula is C17H20N6O3. The summed E-state index contributed by atoms with van der Waals surface area (Å²) >= 11 is 0. The Morgan fingerprint density at radius 3 is 2.96 bits per heavy atom. The second-order valence-electron chi connectivity index (χ2n) is 6.90. The Kier molecular flexibility index (Phi) is 4.14. The fourth-order valence-electron chi connectivity index (χ4n) is 3.86. The van der Waals surface area contributed by atoms with E-state index in [1.165, 1.54) is 12.3 Å². The molecule has 0 aliphatic carbocycles. The number of hydrogen-bond acceptors (Lipinski definition) is 6. The molecule has 136 valence electrons. The van der Waals surface area contributed by atoms with Crippen LogP contribution in [0.3, 0.4) is 0 Å². The van der Waals surface area contributed by atoms with Crippen molar-refractivity contribution < 1.29 is 9.72 Å². The van der Waals surface area contributed by atoms with Crippen LogP contribution in [0.5, 0.6) is 0 Å². The van der Waals surface area contributed by atoms with Crippen LogP contribution in [0.1, 0.15) is 52.9 Å². The Morgan fingerprint density at radius 1 is 1.31 bits per heavy atom. The van der Waals surface area contributed by atoms with Gasteiger partial charge in [0.05, 0.1) is 16.2 Å². The maximum Gasteiger partial charge on any atom is 0.288 e. The summed E-state index contributed by atoms with van der Waals surface area (Å²) < 4.78 is 2.18. The van der Waals surface area contributed by atoms with E-state index in [4.69, 9.17) is 0 Å². The van der Waals surface area contributed by atoms with Crippen molar-refractivity contribution in [1.82, 2.24) is 24.6 Å². The van der Waals surface area contributed by atoms with Gasteiger partial charge in [0.25, 0.3) is 11.6 Å². The van der Waals surface area contributed by atoms with E-state index in [2.05, 4.69) is 19.7 Å². The van der Waals surface area contributed by atoms with Crippen LogP contribution < -0.4 is 0 Å². The first-order valence-electron chi connectivity index (χ1n) is 8.87. The average Bonchev–Trinajstić information content (AvgIpc) is 3.25. The Hall–Kier alpha value is -2.84. The highest BCUT2D eigenvalue weighted by Gasteiger charge is 2.31. The van der Waals surface area contributed by atoms with Crippen molar-refractivity contribution in [3.05, 3.63) is 45.3 Å². The van der Waals surface area contributed by atoms with Gasteiger partial charge in [-0.25, -0.2) is 0 Å². The number of hydrogen-bond donors (Lipinski definition) is 0. The summed E-state index contributed by atoms with van der Waals surface area (Å²) in [6.07, 6.45) is 5.07. The third-order valence-corrected chi connectivity index (χ3v) is 5.23. The number of fused-ring (bicyclic) bond motifs is 1. The molecule has 1 fully saturated rings. The van der Waals surface area contributed by atoms with Gasteiger partial charge in [-0.05, 0) is 26.2 Å². The van der Waals surface area contributed by atoms with Crippen LogP contribution in [-0.2, 0) is 13.0 Å². The predicted octanol–water partition coefficient (Wildman–Crippen LogP) is 1.86. The lowest BCUT2D eigenvalue weighted by Crippen LogP contribution is -2.40. The Labute approximate surface area is 150 Å². The van der Waals surface area contributed by atoms with Crippen LogP contribution in [0, 0.1) is 17.0 Å². The van der Waals surface area contributed by atoms with E-state index in [0.717, 1.165) is 43.9 Å².